The molecular weight excluding hydrogens is 218 g/mol. The lowest BCUT2D eigenvalue weighted by Gasteiger charge is -2.07. The Morgan fingerprint density at radius 3 is 1.82 bits per heavy atom. The molecule has 0 bridgehead atoms. The number of ketones is 1. The van der Waals surface area contributed by atoms with E-state index in [2.05, 4.69) is 0 Å². The van der Waals surface area contributed by atoms with Gasteiger partial charge in [0, 0.05) is 5.56 Å². The first kappa shape index (κ1) is 15.3. The van der Waals surface area contributed by atoms with E-state index in [0.717, 1.165) is 5.56 Å². The maximum atomic E-state index is 10.6. The van der Waals surface area contributed by atoms with Gasteiger partial charge in [-0.15, -0.1) is 0 Å². The van der Waals surface area contributed by atoms with E-state index >= 15 is 0 Å². The second-order valence-electron chi connectivity index (χ2n) is 4.03. The second kappa shape index (κ2) is 7.57. The van der Waals surface area contributed by atoms with Crippen LogP contribution in [0.15, 0.2) is 30.3 Å². The number of aliphatic carboxylic acids is 1. The molecule has 0 saturated heterocycles. The van der Waals surface area contributed by atoms with E-state index in [1.54, 1.807) is 20.8 Å². The van der Waals surface area contributed by atoms with E-state index < -0.39 is 12.0 Å². The van der Waals surface area contributed by atoms with Crippen molar-refractivity contribution < 1.29 is 14.7 Å². The van der Waals surface area contributed by atoms with E-state index in [4.69, 9.17) is 10.8 Å². The number of benzene rings is 1. The summed E-state index contributed by atoms with van der Waals surface area (Å²) in [7, 11) is 0. The number of carbonyl (C=O) groups is 2. The number of carbonyl (C=O) groups excluding carboxylic acids is 1. The van der Waals surface area contributed by atoms with Crippen LogP contribution in [-0.2, 0) is 4.79 Å². The Bertz CT molecular complexity index is 360. The number of hydrogen-bond donors (Lipinski definition) is 2. The summed E-state index contributed by atoms with van der Waals surface area (Å²) in [4.78, 5) is 20.7. The Morgan fingerprint density at radius 1 is 1.18 bits per heavy atom. The van der Waals surface area contributed by atoms with Gasteiger partial charge in [0.15, 0.2) is 5.78 Å². The number of rotatable bonds is 3. The first-order valence-electron chi connectivity index (χ1n) is 5.40. The standard InChI is InChI=1S/C8H8O.C5H11NO2/c1-7(9)8-5-3-2-4-6-8;1-3(2)4(6)5(7)8/h2-6H,1H3;3-4H,6H2,1-2H3,(H,7,8)/t;4-/m.0/s1. The van der Waals surface area contributed by atoms with E-state index in [-0.39, 0.29) is 11.7 Å². The van der Waals surface area contributed by atoms with Crippen LogP contribution in [0.1, 0.15) is 31.1 Å². The van der Waals surface area contributed by atoms with Crippen LogP contribution in [-0.4, -0.2) is 22.9 Å². The minimum absolute atomic E-state index is 0.0208. The molecule has 0 fully saturated rings. The zero-order valence-corrected chi connectivity index (χ0v) is 10.4. The Morgan fingerprint density at radius 2 is 1.65 bits per heavy atom. The van der Waals surface area contributed by atoms with Crippen LogP contribution < -0.4 is 5.73 Å². The number of nitrogens with two attached hydrogens (primary N) is 1. The van der Waals surface area contributed by atoms with Crippen LogP contribution in [0.5, 0.6) is 0 Å². The number of hydrogen-bond acceptors (Lipinski definition) is 3. The molecule has 0 aromatic heterocycles. The van der Waals surface area contributed by atoms with Crippen molar-refractivity contribution in [1.82, 2.24) is 0 Å². The van der Waals surface area contributed by atoms with Crippen molar-refractivity contribution in [2.24, 2.45) is 11.7 Å². The fourth-order valence-corrected chi connectivity index (χ4v) is 0.958. The van der Waals surface area contributed by atoms with Gasteiger partial charge in [0.1, 0.15) is 6.04 Å². The lowest BCUT2D eigenvalue weighted by molar-refractivity contribution is -0.139. The van der Waals surface area contributed by atoms with E-state index in [1.165, 1.54) is 0 Å². The molecule has 0 saturated carbocycles. The van der Waals surface area contributed by atoms with E-state index in [1.807, 2.05) is 30.3 Å². The van der Waals surface area contributed by atoms with Crippen LogP contribution >= 0.6 is 0 Å². The summed E-state index contributed by atoms with van der Waals surface area (Å²) in [6.45, 7) is 5.12. The summed E-state index contributed by atoms with van der Waals surface area (Å²) in [6, 6.07) is 8.51. The lowest BCUT2D eigenvalue weighted by atomic mass is 10.1. The normalized spacial score (nSPS) is 11.4. The minimum Gasteiger partial charge on any atom is -0.480 e. The predicted molar refractivity (Wildman–Crippen MR) is 66.9 cm³/mol. The largest absolute Gasteiger partial charge is 0.480 e. The van der Waals surface area contributed by atoms with Crippen LogP contribution in [0, 0.1) is 5.92 Å². The summed E-state index contributed by atoms with van der Waals surface area (Å²) in [5, 5.41) is 8.23. The first-order chi connectivity index (χ1) is 7.86. The molecule has 0 aliphatic heterocycles. The van der Waals surface area contributed by atoms with Gasteiger partial charge in [0.05, 0.1) is 0 Å². The Hall–Kier alpha value is -1.68. The molecule has 3 N–H and O–H groups in total. The van der Waals surface area contributed by atoms with Gasteiger partial charge in [-0.25, -0.2) is 0 Å². The third-order valence-corrected chi connectivity index (χ3v) is 2.18. The molecular formula is C13H19NO3. The van der Waals surface area contributed by atoms with Crippen LogP contribution in [0.25, 0.3) is 0 Å². The highest BCUT2D eigenvalue weighted by Crippen LogP contribution is 1.97. The molecule has 4 nitrogen and oxygen atoms in total. The molecule has 0 aliphatic carbocycles. The fourth-order valence-electron chi connectivity index (χ4n) is 0.958. The smallest absolute Gasteiger partial charge is 0.320 e. The number of carboxylic acid groups (broad SMARTS) is 1. The summed E-state index contributed by atoms with van der Waals surface area (Å²) >= 11 is 0. The molecule has 0 unspecified atom stereocenters. The Labute approximate surface area is 101 Å². The number of carboxylic acids is 1. The van der Waals surface area contributed by atoms with Crippen molar-refractivity contribution in [1.29, 1.82) is 0 Å². The molecule has 1 aromatic carbocycles. The van der Waals surface area contributed by atoms with Crippen molar-refractivity contribution in [2.75, 3.05) is 0 Å². The summed E-state index contributed by atoms with van der Waals surface area (Å²) in [5.74, 6) is -0.789. The third-order valence-electron chi connectivity index (χ3n) is 2.18. The predicted octanol–water partition coefficient (Wildman–Crippen LogP) is 1.94. The lowest BCUT2D eigenvalue weighted by Crippen LogP contribution is -2.34. The van der Waals surface area contributed by atoms with Gasteiger partial charge in [-0.3, -0.25) is 9.59 Å². The summed E-state index contributed by atoms with van der Waals surface area (Å²) in [5.41, 5.74) is 5.94. The molecule has 1 rings (SSSR count). The average molecular weight is 237 g/mol. The molecule has 1 aromatic rings. The van der Waals surface area contributed by atoms with Gasteiger partial charge < -0.3 is 10.8 Å². The van der Waals surface area contributed by atoms with Gasteiger partial charge in [-0.05, 0) is 12.8 Å². The van der Waals surface area contributed by atoms with E-state index in [0.29, 0.717) is 0 Å². The molecule has 0 amide bonds. The van der Waals surface area contributed by atoms with Crippen molar-refractivity contribution in [3.05, 3.63) is 35.9 Å². The zero-order valence-electron chi connectivity index (χ0n) is 10.4. The topological polar surface area (TPSA) is 80.4 Å². The maximum Gasteiger partial charge on any atom is 0.320 e. The highest BCUT2D eigenvalue weighted by molar-refractivity contribution is 5.93. The van der Waals surface area contributed by atoms with Gasteiger partial charge >= 0.3 is 5.97 Å². The first-order valence-corrected chi connectivity index (χ1v) is 5.40. The Kier molecular flexibility index (Phi) is 6.82. The monoisotopic (exact) mass is 237 g/mol. The number of Topliss-reactive ketones (excluding diaryl/α,β-unsaturated/α-hetero) is 1. The summed E-state index contributed by atoms with van der Waals surface area (Å²) in [6.07, 6.45) is 0. The molecule has 1 atom stereocenters. The molecule has 94 valence electrons. The van der Waals surface area contributed by atoms with Crippen LogP contribution in [0.4, 0.5) is 0 Å². The second-order valence-corrected chi connectivity index (χ2v) is 4.03. The zero-order chi connectivity index (χ0) is 13.4. The highest BCUT2D eigenvalue weighted by atomic mass is 16.4. The SMILES string of the molecule is CC(=O)c1ccccc1.CC(C)[C@H](N)C(=O)O. The average Bonchev–Trinajstić information content (AvgIpc) is 2.29. The molecule has 0 spiro atoms. The van der Waals surface area contributed by atoms with Crippen molar-refractivity contribution in [3.63, 3.8) is 0 Å². The van der Waals surface area contributed by atoms with Crippen LogP contribution in [0.2, 0.25) is 0 Å². The Balaban J connectivity index is 0.000000304. The van der Waals surface area contributed by atoms with Crippen LogP contribution in [0.3, 0.4) is 0 Å². The van der Waals surface area contributed by atoms with Gasteiger partial charge in [-0.2, -0.15) is 0 Å². The van der Waals surface area contributed by atoms with Crippen molar-refractivity contribution in [2.45, 2.75) is 26.8 Å². The molecule has 0 radical (unpaired) electrons. The van der Waals surface area contributed by atoms with E-state index in [9.17, 15) is 9.59 Å². The molecule has 17 heavy (non-hydrogen) atoms. The molecule has 0 heterocycles. The maximum absolute atomic E-state index is 10.6. The van der Waals surface area contributed by atoms with Gasteiger partial charge in [0.25, 0.3) is 0 Å². The van der Waals surface area contributed by atoms with Gasteiger partial charge in [0.2, 0.25) is 0 Å². The van der Waals surface area contributed by atoms with Crippen molar-refractivity contribution >= 4 is 11.8 Å². The van der Waals surface area contributed by atoms with Gasteiger partial charge in [-0.1, -0.05) is 44.2 Å². The molecule has 4 heteroatoms. The fraction of sp³-hybridized carbons (Fsp3) is 0.385. The van der Waals surface area contributed by atoms with Crippen molar-refractivity contribution in [3.8, 4) is 0 Å². The summed E-state index contributed by atoms with van der Waals surface area (Å²) < 4.78 is 0. The molecule has 0 aliphatic rings. The highest BCUT2D eigenvalue weighted by Gasteiger charge is 2.14. The third kappa shape index (κ3) is 6.48. The minimum atomic E-state index is -0.931. The quantitative estimate of drug-likeness (QED) is 0.787.